The van der Waals surface area contributed by atoms with Gasteiger partial charge < -0.3 is 10.2 Å². The number of benzene rings is 1. The molecule has 0 fully saturated rings. The van der Waals surface area contributed by atoms with Gasteiger partial charge in [0.15, 0.2) is 4.67 Å². The van der Waals surface area contributed by atoms with Crippen molar-refractivity contribution in [2.24, 2.45) is 5.73 Å². The second-order valence-corrected chi connectivity index (χ2v) is 4.10. The Kier molecular flexibility index (Phi) is 2.89. The van der Waals surface area contributed by atoms with Gasteiger partial charge in [0.25, 0.3) is 0 Å². The highest BCUT2D eigenvalue weighted by Crippen LogP contribution is 2.24. The van der Waals surface area contributed by atoms with Gasteiger partial charge in [-0.15, -0.1) is 0 Å². The van der Waals surface area contributed by atoms with Crippen molar-refractivity contribution in [3.63, 3.8) is 0 Å². The lowest BCUT2D eigenvalue weighted by Gasteiger charge is -1.98. The fourth-order valence-electron chi connectivity index (χ4n) is 1.52. The zero-order valence-corrected chi connectivity index (χ0v) is 9.38. The fourth-order valence-corrected chi connectivity index (χ4v) is 1.94. The molecule has 0 saturated carbocycles. The van der Waals surface area contributed by atoms with Crippen LogP contribution in [0.2, 0.25) is 0 Å². The number of furan rings is 1. The van der Waals surface area contributed by atoms with Crippen molar-refractivity contribution in [2.45, 2.75) is 12.8 Å². The quantitative estimate of drug-likeness (QED) is 0.914. The highest BCUT2D eigenvalue weighted by atomic mass is 79.9. The first-order valence-electron chi connectivity index (χ1n) is 4.67. The van der Waals surface area contributed by atoms with Crippen LogP contribution in [0.5, 0.6) is 0 Å². The third-order valence-electron chi connectivity index (χ3n) is 2.22. The number of hydrogen-bond donors (Lipinski definition) is 1. The minimum Gasteiger partial charge on any atom is -0.449 e. The largest absolute Gasteiger partial charge is 0.449 e. The highest BCUT2D eigenvalue weighted by molar-refractivity contribution is 9.10. The maximum absolute atomic E-state index is 5.47. The predicted octanol–water partition coefficient (Wildman–Crippen LogP) is 3.09. The van der Waals surface area contributed by atoms with Gasteiger partial charge in [0.05, 0.1) is 0 Å². The van der Waals surface area contributed by atoms with Gasteiger partial charge in [0.1, 0.15) is 5.58 Å². The summed E-state index contributed by atoms with van der Waals surface area (Å²) in [6.45, 7) is 0.743. The van der Waals surface area contributed by atoms with Crippen molar-refractivity contribution in [1.29, 1.82) is 0 Å². The number of halogens is 1. The molecule has 0 spiro atoms. The highest BCUT2D eigenvalue weighted by Gasteiger charge is 2.01. The van der Waals surface area contributed by atoms with E-state index in [1.807, 2.05) is 12.1 Å². The number of rotatable bonds is 3. The van der Waals surface area contributed by atoms with Crippen LogP contribution in [0.1, 0.15) is 12.0 Å². The van der Waals surface area contributed by atoms with Gasteiger partial charge in [-0.2, -0.15) is 0 Å². The lowest BCUT2D eigenvalue weighted by Crippen LogP contribution is -1.99. The molecular weight excluding hydrogens is 242 g/mol. The first-order valence-corrected chi connectivity index (χ1v) is 5.47. The van der Waals surface area contributed by atoms with E-state index in [9.17, 15) is 0 Å². The first-order chi connectivity index (χ1) is 6.79. The SMILES string of the molecule is NCCCc1ccc2oc(Br)cc2c1. The smallest absolute Gasteiger partial charge is 0.170 e. The summed E-state index contributed by atoms with van der Waals surface area (Å²) in [6.07, 6.45) is 2.07. The fraction of sp³-hybridized carbons (Fsp3) is 0.273. The number of aryl methyl sites for hydroxylation is 1. The van der Waals surface area contributed by atoms with E-state index in [-0.39, 0.29) is 0 Å². The van der Waals surface area contributed by atoms with Gasteiger partial charge >= 0.3 is 0 Å². The predicted molar refractivity (Wildman–Crippen MR) is 61.3 cm³/mol. The van der Waals surface area contributed by atoms with Gasteiger partial charge in [0, 0.05) is 5.39 Å². The summed E-state index contributed by atoms with van der Waals surface area (Å²) in [4.78, 5) is 0. The van der Waals surface area contributed by atoms with E-state index in [0.717, 1.165) is 35.0 Å². The molecule has 74 valence electrons. The van der Waals surface area contributed by atoms with E-state index in [1.54, 1.807) is 0 Å². The molecule has 0 aliphatic rings. The normalized spacial score (nSPS) is 11.0. The summed E-state index contributed by atoms with van der Waals surface area (Å²) < 4.78 is 6.20. The van der Waals surface area contributed by atoms with E-state index in [2.05, 4.69) is 28.1 Å². The van der Waals surface area contributed by atoms with Crippen molar-refractivity contribution >= 4 is 26.9 Å². The van der Waals surface area contributed by atoms with E-state index in [4.69, 9.17) is 10.2 Å². The van der Waals surface area contributed by atoms with Crippen LogP contribution < -0.4 is 5.73 Å². The Morgan fingerprint density at radius 2 is 2.14 bits per heavy atom. The summed E-state index contributed by atoms with van der Waals surface area (Å²) >= 11 is 3.32. The molecule has 1 aromatic carbocycles. The van der Waals surface area contributed by atoms with Crippen LogP contribution in [0.4, 0.5) is 0 Å². The molecule has 1 heterocycles. The first kappa shape index (κ1) is 9.74. The Balaban J connectivity index is 2.31. The number of nitrogens with two attached hydrogens (primary N) is 1. The minimum absolute atomic E-state index is 0.743. The van der Waals surface area contributed by atoms with E-state index in [1.165, 1.54) is 5.56 Å². The van der Waals surface area contributed by atoms with Gasteiger partial charge in [0.2, 0.25) is 0 Å². The molecule has 0 bridgehead atoms. The zero-order valence-electron chi connectivity index (χ0n) is 7.79. The van der Waals surface area contributed by atoms with Crippen molar-refractivity contribution in [3.8, 4) is 0 Å². The van der Waals surface area contributed by atoms with E-state index in [0.29, 0.717) is 0 Å². The van der Waals surface area contributed by atoms with Crippen molar-refractivity contribution in [2.75, 3.05) is 6.54 Å². The van der Waals surface area contributed by atoms with Gasteiger partial charge in [-0.1, -0.05) is 6.07 Å². The van der Waals surface area contributed by atoms with Gasteiger partial charge in [-0.05, 0) is 59.1 Å². The maximum atomic E-state index is 5.47. The Hall–Kier alpha value is -0.800. The van der Waals surface area contributed by atoms with Crippen LogP contribution in [0.25, 0.3) is 11.0 Å². The lowest BCUT2D eigenvalue weighted by atomic mass is 10.1. The second kappa shape index (κ2) is 4.15. The molecule has 0 saturated heterocycles. The van der Waals surface area contributed by atoms with Crippen LogP contribution in [0.3, 0.4) is 0 Å². The van der Waals surface area contributed by atoms with Crippen molar-refractivity contribution in [3.05, 3.63) is 34.5 Å². The van der Waals surface area contributed by atoms with Gasteiger partial charge in [-0.3, -0.25) is 0 Å². The third kappa shape index (κ3) is 1.99. The summed E-state index contributed by atoms with van der Waals surface area (Å²) in [7, 11) is 0. The molecule has 0 amide bonds. The van der Waals surface area contributed by atoms with Crippen molar-refractivity contribution in [1.82, 2.24) is 0 Å². The molecule has 0 aliphatic carbocycles. The minimum atomic E-state index is 0.743. The molecule has 2 N–H and O–H groups in total. The van der Waals surface area contributed by atoms with E-state index >= 15 is 0 Å². The van der Waals surface area contributed by atoms with Crippen LogP contribution in [0, 0.1) is 0 Å². The van der Waals surface area contributed by atoms with Crippen LogP contribution in [-0.2, 0) is 6.42 Å². The molecule has 0 radical (unpaired) electrons. The zero-order chi connectivity index (χ0) is 9.97. The van der Waals surface area contributed by atoms with Crippen LogP contribution >= 0.6 is 15.9 Å². The van der Waals surface area contributed by atoms with Crippen LogP contribution in [-0.4, -0.2) is 6.54 Å². The van der Waals surface area contributed by atoms with Gasteiger partial charge in [-0.25, -0.2) is 0 Å². The molecule has 2 aromatic rings. The number of hydrogen-bond acceptors (Lipinski definition) is 2. The summed E-state index contributed by atoms with van der Waals surface area (Å²) in [5.41, 5.74) is 7.71. The Labute approximate surface area is 91.2 Å². The average Bonchev–Trinajstić information content (AvgIpc) is 2.54. The summed E-state index contributed by atoms with van der Waals surface area (Å²) in [5, 5.41) is 1.14. The summed E-state index contributed by atoms with van der Waals surface area (Å²) in [6, 6.07) is 8.24. The molecule has 0 atom stereocenters. The third-order valence-corrected chi connectivity index (χ3v) is 2.61. The molecule has 2 rings (SSSR count). The molecule has 0 unspecified atom stereocenters. The van der Waals surface area contributed by atoms with Crippen LogP contribution in [0.15, 0.2) is 33.4 Å². The second-order valence-electron chi connectivity index (χ2n) is 3.31. The average molecular weight is 254 g/mol. The molecule has 14 heavy (non-hydrogen) atoms. The van der Waals surface area contributed by atoms with Crippen molar-refractivity contribution < 1.29 is 4.42 Å². The lowest BCUT2D eigenvalue weighted by molar-refractivity contribution is 0.587. The molecule has 0 aliphatic heterocycles. The topological polar surface area (TPSA) is 39.2 Å². The van der Waals surface area contributed by atoms with E-state index < -0.39 is 0 Å². The number of fused-ring (bicyclic) bond motifs is 1. The Morgan fingerprint density at radius 1 is 1.29 bits per heavy atom. The standard InChI is InChI=1S/C11H12BrNO/c12-11-7-9-6-8(2-1-5-13)3-4-10(9)14-11/h3-4,6-7H,1-2,5,13H2. The molecule has 3 heteroatoms. The monoisotopic (exact) mass is 253 g/mol. The Morgan fingerprint density at radius 3 is 2.93 bits per heavy atom. The Bertz CT molecular complexity index is 436. The maximum Gasteiger partial charge on any atom is 0.170 e. The summed E-state index contributed by atoms with van der Waals surface area (Å²) in [5.74, 6) is 0. The molecular formula is C11H12BrNO. The molecule has 1 aromatic heterocycles. The molecule has 2 nitrogen and oxygen atoms in total.